The molecule has 1 aromatic carbocycles. The van der Waals surface area contributed by atoms with Gasteiger partial charge in [0.15, 0.2) is 11.5 Å². The minimum atomic E-state index is -3.65. The number of alkyl halides is 2. The fourth-order valence-corrected chi connectivity index (χ4v) is 1.94. The third-order valence-corrected chi connectivity index (χ3v) is 3.02. The van der Waals surface area contributed by atoms with E-state index in [1.807, 2.05) is 19.0 Å². The van der Waals surface area contributed by atoms with Gasteiger partial charge in [0.2, 0.25) is 5.88 Å². The summed E-state index contributed by atoms with van der Waals surface area (Å²) in [6.45, 7) is 0.00811. The van der Waals surface area contributed by atoms with Gasteiger partial charge in [-0.15, -0.1) is 13.9 Å². The van der Waals surface area contributed by atoms with Crippen LogP contribution in [0, 0.1) is 0 Å². The highest BCUT2D eigenvalue weighted by molar-refractivity contribution is 5.49. The van der Waals surface area contributed by atoms with Crippen molar-refractivity contribution in [2.45, 2.75) is 12.9 Å². The van der Waals surface area contributed by atoms with Gasteiger partial charge in [-0.3, -0.25) is 0 Å². The number of nitrogens with zero attached hydrogens (tertiary/aromatic N) is 3. The molecule has 116 valence electrons. The Kier molecular flexibility index (Phi) is 3.44. The molecule has 0 amide bonds. The maximum atomic E-state index is 13.1. The van der Waals surface area contributed by atoms with E-state index in [-0.39, 0.29) is 24.0 Å². The number of hydrogen-bond donors (Lipinski definition) is 0. The Bertz CT molecular complexity index is 695. The molecule has 0 spiro atoms. The molecule has 0 atom stereocenters. The van der Waals surface area contributed by atoms with E-state index in [0.717, 1.165) is 5.69 Å². The Hall–Kier alpha value is -2.64. The number of benzene rings is 1. The monoisotopic (exact) mass is 309 g/mol. The van der Waals surface area contributed by atoms with Crippen LogP contribution in [0.4, 0.5) is 14.5 Å². The fraction of sp³-hybridized carbons (Fsp3) is 0.286. The number of halogens is 2. The van der Waals surface area contributed by atoms with Crippen LogP contribution in [0.15, 0.2) is 30.5 Å². The number of anilines is 1. The lowest BCUT2D eigenvalue weighted by Crippen LogP contribution is -2.26. The predicted molar refractivity (Wildman–Crippen MR) is 73.3 cm³/mol. The van der Waals surface area contributed by atoms with Gasteiger partial charge in [0.05, 0.1) is 11.9 Å². The van der Waals surface area contributed by atoms with E-state index in [1.165, 1.54) is 6.07 Å². The van der Waals surface area contributed by atoms with E-state index in [4.69, 9.17) is 4.74 Å². The lowest BCUT2D eigenvalue weighted by atomic mass is 10.2. The molecule has 0 aliphatic carbocycles. The number of rotatable bonds is 4. The summed E-state index contributed by atoms with van der Waals surface area (Å²) in [6.07, 6.45) is -2.06. The summed E-state index contributed by atoms with van der Waals surface area (Å²) in [5.41, 5.74) is 1.25. The summed E-state index contributed by atoms with van der Waals surface area (Å²) in [5, 5.41) is 7.66. The SMILES string of the molecule is CN(C)c1cnnc(OCc2cccc3c2OC(F)(F)O3)c1. The molecule has 2 heterocycles. The van der Waals surface area contributed by atoms with Crippen LogP contribution < -0.4 is 19.1 Å². The molecule has 8 heteroatoms. The van der Waals surface area contributed by atoms with Crippen LogP contribution in [-0.2, 0) is 6.61 Å². The van der Waals surface area contributed by atoms with Gasteiger partial charge in [-0.1, -0.05) is 12.1 Å². The molecule has 1 aromatic heterocycles. The molecule has 3 rings (SSSR count). The van der Waals surface area contributed by atoms with Crippen molar-refractivity contribution < 1.29 is 23.0 Å². The van der Waals surface area contributed by atoms with Crippen LogP contribution in [0.3, 0.4) is 0 Å². The summed E-state index contributed by atoms with van der Waals surface area (Å²) in [7, 11) is 3.72. The van der Waals surface area contributed by atoms with E-state index in [2.05, 4.69) is 19.7 Å². The number of hydrogen-bond acceptors (Lipinski definition) is 6. The van der Waals surface area contributed by atoms with Crippen molar-refractivity contribution in [1.29, 1.82) is 0 Å². The van der Waals surface area contributed by atoms with Gasteiger partial charge >= 0.3 is 6.29 Å². The first-order valence-electron chi connectivity index (χ1n) is 6.45. The van der Waals surface area contributed by atoms with E-state index >= 15 is 0 Å². The molecule has 1 aliphatic heterocycles. The highest BCUT2D eigenvalue weighted by Crippen LogP contribution is 2.43. The summed E-state index contributed by atoms with van der Waals surface area (Å²) in [5.74, 6) is 0.248. The van der Waals surface area contributed by atoms with Gasteiger partial charge in [0.25, 0.3) is 0 Å². The Morgan fingerprint density at radius 3 is 2.86 bits per heavy atom. The largest absolute Gasteiger partial charge is 0.586 e. The molecule has 0 radical (unpaired) electrons. The Labute approximate surface area is 125 Å². The third-order valence-electron chi connectivity index (χ3n) is 3.02. The van der Waals surface area contributed by atoms with E-state index in [9.17, 15) is 8.78 Å². The van der Waals surface area contributed by atoms with Gasteiger partial charge in [-0.25, -0.2) is 0 Å². The third kappa shape index (κ3) is 2.85. The second-order valence-electron chi connectivity index (χ2n) is 4.85. The average molecular weight is 309 g/mol. The second kappa shape index (κ2) is 5.28. The van der Waals surface area contributed by atoms with Crippen molar-refractivity contribution >= 4 is 5.69 Å². The minimum Gasteiger partial charge on any atom is -0.472 e. The summed E-state index contributed by atoms with van der Waals surface area (Å²) >= 11 is 0. The van der Waals surface area contributed by atoms with Crippen molar-refractivity contribution in [3.8, 4) is 17.4 Å². The maximum absolute atomic E-state index is 13.1. The summed E-state index contributed by atoms with van der Waals surface area (Å²) in [4.78, 5) is 1.85. The van der Waals surface area contributed by atoms with Crippen LogP contribution in [-0.4, -0.2) is 30.6 Å². The molecule has 6 nitrogen and oxygen atoms in total. The first kappa shape index (κ1) is 14.3. The fourth-order valence-electron chi connectivity index (χ4n) is 1.94. The Morgan fingerprint density at radius 2 is 2.09 bits per heavy atom. The van der Waals surface area contributed by atoms with E-state index < -0.39 is 6.29 Å². The zero-order chi connectivity index (χ0) is 15.7. The van der Waals surface area contributed by atoms with Crippen molar-refractivity contribution in [2.75, 3.05) is 19.0 Å². The van der Waals surface area contributed by atoms with Gasteiger partial charge < -0.3 is 19.1 Å². The lowest BCUT2D eigenvalue weighted by molar-refractivity contribution is -0.287. The van der Waals surface area contributed by atoms with Crippen LogP contribution >= 0.6 is 0 Å². The number of aromatic nitrogens is 2. The van der Waals surface area contributed by atoms with E-state index in [0.29, 0.717) is 5.56 Å². The molecule has 2 aromatic rings. The summed E-state index contributed by atoms with van der Waals surface area (Å²) < 4.78 is 40.6. The predicted octanol–water partition coefficient (Wildman–Crippen LogP) is 2.44. The quantitative estimate of drug-likeness (QED) is 0.864. The van der Waals surface area contributed by atoms with Crippen molar-refractivity contribution in [1.82, 2.24) is 10.2 Å². The highest BCUT2D eigenvalue weighted by atomic mass is 19.3. The molecule has 0 bridgehead atoms. The van der Waals surface area contributed by atoms with Crippen LogP contribution in [0.2, 0.25) is 0 Å². The number of para-hydroxylation sites is 1. The zero-order valence-corrected chi connectivity index (χ0v) is 11.9. The van der Waals surface area contributed by atoms with Crippen LogP contribution in [0.25, 0.3) is 0 Å². The molecular formula is C14H13F2N3O3. The smallest absolute Gasteiger partial charge is 0.472 e. The molecule has 0 saturated heterocycles. The van der Waals surface area contributed by atoms with Gasteiger partial charge in [0.1, 0.15) is 6.61 Å². The van der Waals surface area contributed by atoms with Gasteiger partial charge in [0, 0.05) is 25.7 Å². The first-order chi connectivity index (χ1) is 10.4. The van der Waals surface area contributed by atoms with Crippen molar-refractivity contribution in [3.63, 3.8) is 0 Å². The second-order valence-corrected chi connectivity index (χ2v) is 4.85. The highest BCUT2D eigenvalue weighted by Gasteiger charge is 2.44. The van der Waals surface area contributed by atoms with E-state index in [1.54, 1.807) is 24.4 Å². The van der Waals surface area contributed by atoms with Gasteiger partial charge in [-0.2, -0.15) is 5.10 Å². The Balaban J connectivity index is 1.76. The maximum Gasteiger partial charge on any atom is 0.586 e. The first-order valence-corrected chi connectivity index (χ1v) is 6.45. The lowest BCUT2D eigenvalue weighted by Gasteiger charge is -2.12. The molecular weight excluding hydrogens is 296 g/mol. The van der Waals surface area contributed by atoms with Gasteiger partial charge in [-0.05, 0) is 6.07 Å². The Morgan fingerprint density at radius 1 is 1.27 bits per heavy atom. The molecule has 22 heavy (non-hydrogen) atoms. The number of fused-ring (bicyclic) bond motifs is 1. The summed E-state index contributed by atoms with van der Waals surface area (Å²) in [6, 6.07) is 6.31. The standard InChI is InChI=1S/C14H13F2N3O3/c1-19(2)10-6-12(18-17-7-10)20-8-9-4-3-5-11-13(9)22-14(15,16)21-11/h3-7H,8H2,1-2H3. The molecule has 0 saturated carbocycles. The minimum absolute atomic E-state index is 0.00811. The number of ether oxygens (including phenoxy) is 3. The zero-order valence-electron chi connectivity index (χ0n) is 11.9. The molecule has 0 N–H and O–H groups in total. The van der Waals surface area contributed by atoms with Crippen LogP contribution in [0.1, 0.15) is 5.56 Å². The normalized spacial score (nSPS) is 14.7. The average Bonchev–Trinajstić information content (AvgIpc) is 2.79. The van der Waals surface area contributed by atoms with Crippen molar-refractivity contribution in [3.05, 3.63) is 36.0 Å². The van der Waals surface area contributed by atoms with Crippen molar-refractivity contribution in [2.24, 2.45) is 0 Å². The molecule has 0 fully saturated rings. The topological polar surface area (TPSA) is 56.7 Å². The molecule has 0 unspecified atom stereocenters. The molecule has 1 aliphatic rings. The van der Waals surface area contributed by atoms with Crippen LogP contribution in [0.5, 0.6) is 17.4 Å².